The number of benzene rings is 2. The van der Waals surface area contributed by atoms with Gasteiger partial charge in [0.25, 0.3) is 0 Å². The average molecular weight is 380 g/mol. The van der Waals surface area contributed by atoms with Crippen LogP contribution in [0.25, 0.3) is 22.0 Å². The molecule has 5 nitrogen and oxygen atoms in total. The van der Waals surface area contributed by atoms with Crippen molar-refractivity contribution in [2.24, 2.45) is 0 Å². The van der Waals surface area contributed by atoms with Crippen molar-refractivity contribution in [1.82, 2.24) is 0 Å². The molecule has 0 fully saturated rings. The first-order chi connectivity index (χ1) is 13.7. The van der Waals surface area contributed by atoms with E-state index in [0.29, 0.717) is 6.61 Å². The van der Waals surface area contributed by atoms with Crippen molar-refractivity contribution in [2.75, 3.05) is 27.9 Å². The van der Waals surface area contributed by atoms with Gasteiger partial charge in [0.05, 0.1) is 38.9 Å². The van der Waals surface area contributed by atoms with Gasteiger partial charge in [-0.3, -0.25) is 0 Å². The molecule has 0 saturated heterocycles. The molecule has 4 rings (SSSR count). The molecule has 2 heterocycles. The lowest BCUT2D eigenvalue weighted by Gasteiger charge is -2.19. The van der Waals surface area contributed by atoms with E-state index in [1.54, 1.807) is 21.3 Å². The molecule has 0 atom stereocenters. The second-order valence-electron chi connectivity index (χ2n) is 6.91. The second kappa shape index (κ2) is 7.58. The molecule has 1 aliphatic heterocycles. The standard InChI is InChI=1S/C23H26NO4/c1-5-10-28-23-18-14-24-9-8-16-12-21(26-3)22(27-4)13-17(16)19(24)11-15(18)6-7-20(23)25-2/h6-7,11-14H,5,8-10H2,1-4H3/q+1. The van der Waals surface area contributed by atoms with Gasteiger partial charge in [0, 0.05) is 12.5 Å². The fourth-order valence-corrected chi connectivity index (χ4v) is 3.85. The van der Waals surface area contributed by atoms with Gasteiger partial charge in [0.15, 0.2) is 35.7 Å². The first-order valence-corrected chi connectivity index (χ1v) is 9.62. The Labute approximate surface area is 165 Å². The van der Waals surface area contributed by atoms with E-state index >= 15 is 0 Å². The van der Waals surface area contributed by atoms with Crippen LogP contribution in [-0.2, 0) is 13.0 Å². The van der Waals surface area contributed by atoms with E-state index in [2.05, 4.69) is 42.0 Å². The van der Waals surface area contributed by atoms with Crippen LogP contribution < -0.4 is 23.5 Å². The minimum Gasteiger partial charge on any atom is -0.493 e. The van der Waals surface area contributed by atoms with Crippen molar-refractivity contribution in [3.05, 3.63) is 42.1 Å². The fraction of sp³-hybridized carbons (Fsp3) is 0.348. The summed E-state index contributed by atoms with van der Waals surface area (Å²) in [6.45, 7) is 3.67. The number of rotatable bonds is 6. The first kappa shape index (κ1) is 18.4. The molecule has 3 aromatic rings. The van der Waals surface area contributed by atoms with Crippen molar-refractivity contribution in [3.63, 3.8) is 0 Å². The Balaban J connectivity index is 1.90. The Morgan fingerprint density at radius 3 is 2.39 bits per heavy atom. The van der Waals surface area contributed by atoms with Gasteiger partial charge in [-0.25, -0.2) is 0 Å². The van der Waals surface area contributed by atoms with E-state index in [1.807, 2.05) is 6.07 Å². The van der Waals surface area contributed by atoms with Crippen molar-refractivity contribution in [1.29, 1.82) is 0 Å². The average Bonchev–Trinajstić information content (AvgIpc) is 2.74. The molecule has 0 bridgehead atoms. The molecule has 1 aromatic heterocycles. The fourth-order valence-electron chi connectivity index (χ4n) is 3.85. The Hall–Kier alpha value is -2.95. The van der Waals surface area contributed by atoms with Gasteiger partial charge in [-0.15, -0.1) is 0 Å². The molecule has 28 heavy (non-hydrogen) atoms. The van der Waals surface area contributed by atoms with Gasteiger partial charge in [0.1, 0.15) is 0 Å². The van der Waals surface area contributed by atoms with Crippen LogP contribution in [0.5, 0.6) is 23.0 Å². The molecule has 1 aliphatic rings. The maximum atomic E-state index is 6.04. The zero-order chi connectivity index (χ0) is 19.7. The van der Waals surface area contributed by atoms with E-state index < -0.39 is 0 Å². The monoisotopic (exact) mass is 380 g/mol. The summed E-state index contributed by atoms with van der Waals surface area (Å²) in [7, 11) is 5.03. The number of hydrogen-bond acceptors (Lipinski definition) is 4. The Morgan fingerprint density at radius 2 is 1.68 bits per heavy atom. The molecule has 2 aromatic carbocycles. The highest BCUT2D eigenvalue weighted by molar-refractivity contribution is 5.91. The number of methoxy groups -OCH3 is 3. The third kappa shape index (κ3) is 3.01. The number of fused-ring (bicyclic) bond motifs is 4. The van der Waals surface area contributed by atoms with Crippen LogP contribution in [0, 0.1) is 0 Å². The van der Waals surface area contributed by atoms with Crippen LogP contribution in [-0.4, -0.2) is 27.9 Å². The zero-order valence-electron chi connectivity index (χ0n) is 16.9. The van der Waals surface area contributed by atoms with E-state index in [4.69, 9.17) is 18.9 Å². The molecule has 0 amide bonds. The van der Waals surface area contributed by atoms with Crippen LogP contribution in [0.1, 0.15) is 18.9 Å². The van der Waals surface area contributed by atoms with Crippen LogP contribution in [0.4, 0.5) is 0 Å². The topological polar surface area (TPSA) is 40.8 Å². The van der Waals surface area contributed by atoms with Gasteiger partial charge in [0.2, 0.25) is 5.69 Å². The van der Waals surface area contributed by atoms with Crippen LogP contribution in [0.3, 0.4) is 0 Å². The maximum absolute atomic E-state index is 6.04. The third-order valence-electron chi connectivity index (χ3n) is 5.26. The van der Waals surface area contributed by atoms with E-state index in [-0.39, 0.29) is 0 Å². The molecule has 5 heteroatoms. The van der Waals surface area contributed by atoms with Crippen LogP contribution in [0.15, 0.2) is 36.5 Å². The molecule has 0 spiro atoms. The van der Waals surface area contributed by atoms with Gasteiger partial charge in [-0.1, -0.05) is 6.92 Å². The summed E-state index contributed by atoms with van der Waals surface area (Å²) in [4.78, 5) is 0. The van der Waals surface area contributed by atoms with Crippen LogP contribution >= 0.6 is 0 Å². The lowest BCUT2D eigenvalue weighted by atomic mass is 9.95. The third-order valence-corrected chi connectivity index (χ3v) is 5.26. The largest absolute Gasteiger partial charge is 0.493 e. The Morgan fingerprint density at radius 1 is 0.929 bits per heavy atom. The molecule has 0 radical (unpaired) electrons. The second-order valence-corrected chi connectivity index (χ2v) is 6.91. The highest BCUT2D eigenvalue weighted by atomic mass is 16.5. The summed E-state index contributed by atoms with van der Waals surface area (Å²) in [5, 5.41) is 2.20. The predicted molar refractivity (Wildman–Crippen MR) is 109 cm³/mol. The number of ether oxygens (including phenoxy) is 4. The maximum Gasteiger partial charge on any atom is 0.213 e. The lowest BCUT2D eigenvalue weighted by molar-refractivity contribution is -0.686. The lowest BCUT2D eigenvalue weighted by Crippen LogP contribution is -2.40. The summed E-state index contributed by atoms with van der Waals surface area (Å²) < 4.78 is 24.9. The quantitative estimate of drug-likeness (QED) is 0.602. The molecular formula is C23H26NO4+. The number of aryl methyl sites for hydroxylation is 2. The number of pyridine rings is 1. The van der Waals surface area contributed by atoms with Crippen molar-refractivity contribution >= 4 is 10.8 Å². The van der Waals surface area contributed by atoms with Gasteiger partial charge in [-0.05, 0) is 41.6 Å². The Bertz CT molecular complexity index is 1030. The smallest absolute Gasteiger partial charge is 0.213 e. The minimum absolute atomic E-state index is 0.664. The molecule has 146 valence electrons. The van der Waals surface area contributed by atoms with Crippen molar-refractivity contribution < 1.29 is 23.5 Å². The number of hydrogen-bond donors (Lipinski definition) is 0. The normalized spacial score (nSPS) is 12.3. The highest BCUT2D eigenvalue weighted by Gasteiger charge is 2.27. The summed E-state index contributed by atoms with van der Waals surface area (Å²) in [6.07, 6.45) is 4.07. The van der Waals surface area contributed by atoms with E-state index in [0.717, 1.165) is 53.2 Å². The van der Waals surface area contributed by atoms with Crippen molar-refractivity contribution in [2.45, 2.75) is 26.3 Å². The van der Waals surface area contributed by atoms with E-state index in [9.17, 15) is 0 Å². The summed E-state index contributed by atoms with van der Waals surface area (Å²) >= 11 is 0. The molecule has 0 aliphatic carbocycles. The molecule has 0 saturated carbocycles. The zero-order valence-corrected chi connectivity index (χ0v) is 16.9. The highest BCUT2D eigenvalue weighted by Crippen LogP contribution is 2.40. The minimum atomic E-state index is 0.664. The first-order valence-electron chi connectivity index (χ1n) is 9.62. The molecule has 0 N–H and O–H groups in total. The molecular weight excluding hydrogens is 354 g/mol. The van der Waals surface area contributed by atoms with E-state index in [1.165, 1.54) is 16.8 Å². The number of nitrogens with zero attached hydrogens (tertiary/aromatic N) is 1. The summed E-state index contributed by atoms with van der Waals surface area (Å²) in [5.41, 5.74) is 3.62. The SMILES string of the molecule is CCCOc1c(OC)ccc2cc3[n+](cc12)CCc1cc(OC)c(OC)cc1-3. The summed E-state index contributed by atoms with van der Waals surface area (Å²) in [6, 6.07) is 10.4. The predicted octanol–water partition coefficient (Wildman–Crippen LogP) is 4.17. The van der Waals surface area contributed by atoms with Gasteiger partial charge < -0.3 is 18.9 Å². The molecule has 0 unspecified atom stereocenters. The summed E-state index contributed by atoms with van der Waals surface area (Å²) in [5.74, 6) is 3.10. The Kier molecular flexibility index (Phi) is 4.99. The van der Waals surface area contributed by atoms with Crippen LogP contribution in [0.2, 0.25) is 0 Å². The van der Waals surface area contributed by atoms with Gasteiger partial charge in [-0.2, -0.15) is 4.57 Å². The number of aromatic nitrogens is 1. The van der Waals surface area contributed by atoms with Gasteiger partial charge >= 0.3 is 0 Å². The van der Waals surface area contributed by atoms with Crippen molar-refractivity contribution in [3.8, 4) is 34.3 Å².